The number of pyridine rings is 1. The Morgan fingerprint density at radius 2 is 1.56 bits per heavy atom. The Hall–Kier alpha value is -6.04. The summed E-state index contributed by atoms with van der Waals surface area (Å²) in [6.45, 7) is 10.8. The molecule has 18 nitrogen and oxygen atoms in total. The highest BCUT2D eigenvalue weighted by atomic mass is 16.7. The first-order chi connectivity index (χ1) is 28.3. The van der Waals surface area contributed by atoms with Crippen molar-refractivity contribution < 1.29 is 57.6 Å². The Morgan fingerprint density at radius 1 is 0.915 bits per heavy atom. The molecule has 3 unspecified atom stereocenters. The molecule has 0 saturated carbocycles. The van der Waals surface area contributed by atoms with E-state index in [0.717, 1.165) is 35.3 Å². The quantitative estimate of drug-likeness (QED) is 0.0913. The van der Waals surface area contributed by atoms with Gasteiger partial charge in [-0.15, -0.1) is 0 Å². The predicted octanol–water partition coefficient (Wildman–Crippen LogP) is 5.99. The summed E-state index contributed by atoms with van der Waals surface area (Å²) in [7, 11) is 4.65. The maximum absolute atomic E-state index is 12.0. The van der Waals surface area contributed by atoms with Crippen LogP contribution < -0.4 is 0 Å². The number of carbonyl (C=O) groups excluding carboxylic acids is 5. The summed E-state index contributed by atoms with van der Waals surface area (Å²) in [5, 5.41) is 16.5. The molecule has 0 aliphatic carbocycles. The molecule has 0 spiro atoms. The molecule has 0 bridgehead atoms. The first-order valence-corrected chi connectivity index (χ1v) is 19.3. The molecule has 326 valence electrons. The average molecular weight is 829 g/mol. The molecule has 2 N–H and O–H groups in total. The van der Waals surface area contributed by atoms with Crippen LogP contribution in [0.15, 0.2) is 67.4 Å². The number of ether oxygens (including phenoxy) is 5. The van der Waals surface area contributed by atoms with Crippen LogP contribution in [0.5, 0.6) is 0 Å². The van der Waals surface area contributed by atoms with Crippen LogP contribution in [-0.2, 0) is 46.3 Å². The third-order valence-electron chi connectivity index (χ3n) is 8.52. The molecule has 18 heteroatoms. The highest BCUT2D eigenvalue weighted by Crippen LogP contribution is 2.19. The molecule has 4 amide bonds. The van der Waals surface area contributed by atoms with Gasteiger partial charge in [0.15, 0.2) is 6.79 Å². The van der Waals surface area contributed by atoms with Gasteiger partial charge in [0.1, 0.15) is 18.9 Å². The van der Waals surface area contributed by atoms with E-state index in [1.807, 2.05) is 62.4 Å². The third-order valence-corrected chi connectivity index (χ3v) is 8.52. The number of allylic oxidation sites excluding steroid dienone is 1. The van der Waals surface area contributed by atoms with Crippen molar-refractivity contribution in [3.05, 3.63) is 78.6 Å². The number of hydrogen-bond acceptors (Lipinski definition) is 13. The standard InChI is InChI=1S/C15H23N3O6.C13H15NO3.C11H16N2O3.C2H6/c1-4-11(16)7-9-17(3)14(21)23-10(2)24-15(22)18-8-5-6-12(18)13(19)20;15-9-12-7-4-8-14(12)13(16)17-10-11-5-2-1-3-6-11;1-13(11(14)16-9-15-2)8-6-10-5-3-4-7-12-10;1-2/h4,10,12,16H,1,5-9H2,2-3H3,(H,19,20);1-3,5-6,9,12H,4,7-8,10H2;3-5,7H,6,8-9H2,1-2H3;1-2H3. The number of carbonyl (C=O) groups is 6. The zero-order valence-electron chi connectivity index (χ0n) is 34.9. The van der Waals surface area contributed by atoms with Crippen LogP contribution in [0.25, 0.3) is 0 Å². The lowest BCUT2D eigenvalue weighted by atomic mass is 10.2. The second-order valence-corrected chi connectivity index (χ2v) is 12.8. The number of carboxylic acids is 1. The molecule has 4 rings (SSSR count). The Balaban J connectivity index is 0.000000444. The van der Waals surface area contributed by atoms with Crippen LogP contribution in [0.4, 0.5) is 19.2 Å². The van der Waals surface area contributed by atoms with E-state index in [-0.39, 0.29) is 26.0 Å². The molecule has 1 aromatic carbocycles. The number of amides is 4. The van der Waals surface area contributed by atoms with Crippen LogP contribution in [0, 0.1) is 5.41 Å². The normalized spacial score (nSPS) is 15.5. The van der Waals surface area contributed by atoms with E-state index in [0.29, 0.717) is 51.0 Å². The summed E-state index contributed by atoms with van der Waals surface area (Å²) >= 11 is 0. The number of nitrogens with one attached hydrogen (secondary N) is 1. The minimum absolute atomic E-state index is 0.0211. The predicted molar refractivity (Wildman–Crippen MR) is 218 cm³/mol. The number of aromatic nitrogens is 1. The minimum atomic E-state index is -1.15. The van der Waals surface area contributed by atoms with Crippen LogP contribution >= 0.6 is 0 Å². The molecule has 3 atom stereocenters. The third kappa shape index (κ3) is 19.8. The van der Waals surface area contributed by atoms with Gasteiger partial charge in [-0.1, -0.05) is 56.8 Å². The molecular formula is C41H60N6O12. The van der Waals surface area contributed by atoms with E-state index in [4.69, 9.17) is 29.5 Å². The Kier molecular flexibility index (Phi) is 25.2. The highest BCUT2D eigenvalue weighted by Gasteiger charge is 2.36. The topological polar surface area (TPSA) is 218 Å². The Bertz CT molecular complexity index is 1600. The van der Waals surface area contributed by atoms with Crippen molar-refractivity contribution >= 4 is 42.3 Å². The fourth-order valence-electron chi connectivity index (χ4n) is 5.29. The molecule has 1 aromatic heterocycles. The van der Waals surface area contributed by atoms with E-state index in [9.17, 15) is 28.8 Å². The van der Waals surface area contributed by atoms with Crippen molar-refractivity contribution in [2.45, 2.75) is 84.3 Å². The van der Waals surface area contributed by atoms with Crippen molar-refractivity contribution in [2.75, 3.05) is 54.2 Å². The second kappa shape index (κ2) is 29.2. The van der Waals surface area contributed by atoms with E-state index in [1.54, 1.807) is 13.2 Å². The van der Waals surface area contributed by atoms with Crippen molar-refractivity contribution in [2.24, 2.45) is 0 Å². The van der Waals surface area contributed by atoms with Crippen molar-refractivity contribution in [1.29, 1.82) is 5.41 Å². The smallest absolute Gasteiger partial charge is 0.413 e. The second-order valence-electron chi connectivity index (χ2n) is 12.8. The molecule has 2 aromatic rings. The van der Waals surface area contributed by atoms with E-state index in [1.165, 1.54) is 41.9 Å². The Labute approximate surface area is 346 Å². The number of nitrogens with zero attached hydrogens (tertiary/aromatic N) is 5. The maximum atomic E-state index is 12.0. The lowest BCUT2D eigenvalue weighted by molar-refractivity contribution is -0.142. The molecule has 2 aliphatic rings. The van der Waals surface area contributed by atoms with Crippen LogP contribution in [0.2, 0.25) is 0 Å². The summed E-state index contributed by atoms with van der Waals surface area (Å²) in [5.41, 5.74) is 2.19. The van der Waals surface area contributed by atoms with Gasteiger partial charge < -0.3 is 48.8 Å². The first-order valence-electron chi connectivity index (χ1n) is 19.3. The van der Waals surface area contributed by atoms with E-state index < -0.39 is 42.7 Å². The average Bonchev–Trinajstić information content (AvgIpc) is 3.96. The number of aldehydes is 1. The number of methoxy groups -OCH3 is 1. The summed E-state index contributed by atoms with van der Waals surface area (Å²) < 4.78 is 24.6. The number of likely N-dealkylation sites (tertiary alicyclic amines) is 2. The maximum Gasteiger partial charge on any atom is 0.413 e. The van der Waals surface area contributed by atoms with Crippen molar-refractivity contribution in [1.82, 2.24) is 24.6 Å². The number of aliphatic carboxylic acids is 1. The van der Waals surface area contributed by atoms with Crippen molar-refractivity contribution in [3.63, 3.8) is 0 Å². The van der Waals surface area contributed by atoms with Gasteiger partial charge in [0.2, 0.25) is 6.29 Å². The van der Waals surface area contributed by atoms with Gasteiger partial charge in [0, 0.05) is 84.8 Å². The number of benzene rings is 1. The number of rotatable bonds is 15. The number of likely N-dealkylation sites (N-methyl/N-ethyl adjacent to an activating group) is 1. The number of hydrogen-bond donors (Lipinski definition) is 2. The van der Waals surface area contributed by atoms with Gasteiger partial charge in [0.25, 0.3) is 0 Å². The van der Waals surface area contributed by atoms with Gasteiger partial charge in [-0.3, -0.25) is 14.8 Å². The Morgan fingerprint density at radius 3 is 2.17 bits per heavy atom. The van der Waals surface area contributed by atoms with Crippen LogP contribution in [-0.4, -0.2) is 145 Å². The zero-order chi connectivity index (χ0) is 44.2. The zero-order valence-corrected chi connectivity index (χ0v) is 34.9. The molecule has 0 radical (unpaired) electrons. The fraction of sp³-hybridized carbons (Fsp3) is 0.512. The molecule has 3 heterocycles. The number of carboxylic acid groups (broad SMARTS) is 1. The SMILES string of the molecule is C=CC(=N)CCN(C)C(=O)OC(C)OC(=O)N1CCCC1C(=O)O.CC.COCOC(=O)N(C)CCc1ccccn1.O=CC1CCCN1C(=O)OCc1ccccc1. The van der Waals surface area contributed by atoms with Gasteiger partial charge >= 0.3 is 30.3 Å². The van der Waals surface area contributed by atoms with E-state index in [2.05, 4.69) is 16.3 Å². The summed E-state index contributed by atoms with van der Waals surface area (Å²) in [6.07, 6.45) is 4.06. The van der Waals surface area contributed by atoms with Gasteiger partial charge in [0.05, 0.1) is 6.04 Å². The van der Waals surface area contributed by atoms with E-state index >= 15 is 0 Å². The monoisotopic (exact) mass is 828 g/mol. The van der Waals surface area contributed by atoms with Gasteiger partial charge in [-0.2, -0.15) is 0 Å². The summed E-state index contributed by atoms with van der Waals surface area (Å²) in [4.78, 5) is 78.2. The molecule has 2 aliphatic heterocycles. The lowest BCUT2D eigenvalue weighted by Crippen LogP contribution is -2.42. The first kappa shape index (κ1) is 51.0. The lowest BCUT2D eigenvalue weighted by Gasteiger charge is -2.24. The van der Waals surface area contributed by atoms with Crippen molar-refractivity contribution in [3.8, 4) is 0 Å². The molecule has 2 saturated heterocycles. The molecule has 2 fully saturated rings. The summed E-state index contributed by atoms with van der Waals surface area (Å²) in [6, 6.07) is 14.0. The minimum Gasteiger partial charge on any atom is -0.480 e. The van der Waals surface area contributed by atoms with Gasteiger partial charge in [-0.25, -0.2) is 24.0 Å². The molecule has 59 heavy (non-hydrogen) atoms. The van der Waals surface area contributed by atoms with Crippen LogP contribution in [0.3, 0.4) is 0 Å². The highest BCUT2D eigenvalue weighted by molar-refractivity contribution is 5.92. The molecular weight excluding hydrogens is 768 g/mol. The largest absolute Gasteiger partial charge is 0.480 e. The van der Waals surface area contributed by atoms with Gasteiger partial charge in [-0.05, 0) is 49.5 Å². The van der Waals surface area contributed by atoms with Crippen LogP contribution in [0.1, 0.15) is 64.1 Å². The fourth-order valence-corrected chi connectivity index (χ4v) is 5.29. The summed E-state index contributed by atoms with van der Waals surface area (Å²) in [5.74, 6) is -1.08.